The van der Waals surface area contributed by atoms with Crippen LogP contribution in [0.1, 0.15) is 5.56 Å². The van der Waals surface area contributed by atoms with Crippen molar-refractivity contribution in [2.45, 2.75) is 6.42 Å². The lowest BCUT2D eigenvalue weighted by Crippen LogP contribution is -2.16. The molecular weight excluding hydrogens is 320 g/mol. The van der Waals surface area contributed by atoms with Gasteiger partial charge in [0.25, 0.3) is 0 Å². The first-order valence-corrected chi connectivity index (χ1v) is 8.07. The molecule has 0 fully saturated rings. The number of nitrogens with two attached hydrogens (primary N) is 1. The third-order valence-electron chi connectivity index (χ3n) is 3.73. The molecule has 0 spiro atoms. The predicted molar refractivity (Wildman–Crippen MR) is 96.8 cm³/mol. The van der Waals surface area contributed by atoms with Crippen LogP contribution in [0.4, 0.5) is 11.8 Å². The number of rotatable bonds is 8. The average Bonchev–Trinajstić information content (AvgIpc) is 3.02. The molecule has 3 heterocycles. The first-order chi connectivity index (χ1) is 12.2. The lowest BCUT2D eigenvalue weighted by molar-refractivity contribution is 0.397. The summed E-state index contributed by atoms with van der Waals surface area (Å²) in [6.45, 7) is 1.84. The van der Waals surface area contributed by atoms with Crippen molar-refractivity contribution in [2.75, 3.05) is 37.4 Å². The van der Waals surface area contributed by atoms with E-state index in [0.29, 0.717) is 31.5 Å². The molecule has 0 aromatic carbocycles. The Labute approximate surface area is 145 Å². The number of hydrogen-bond donors (Lipinski definition) is 3. The number of nitrogens with zero attached hydrogens (tertiary/aromatic N) is 5. The zero-order valence-electron chi connectivity index (χ0n) is 14.4. The molecule has 25 heavy (non-hydrogen) atoms. The molecule has 0 atom stereocenters. The molecule has 3 rings (SSSR count). The van der Waals surface area contributed by atoms with Gasteiger partial charge in [0.05, 0.1) is 18.7 Å². The van der Waals surface area contributed by atoms with Crippen molar-refractivity contribution in [3.63, 3.8) is 0 Å². The smallest absolute Gasteiger partial charge is 0.226 e. The molecule has 0 unspecified atom stereocenters. The molecule has 0 saturated carbocycles. The molecule has 3 aromatic rings. The van der Waals surface area contributed by atoms with Crippen LogP contribution >= 0.6 is 0 Å². The molecule has 9 nitrogen and oxygen atoms in total. The number of pyridine rings is 1. The Morgan fingerprint density at radius 1 is 1.16 bits per heavy atom. The molecule has 9 heteroatoms. The summed E-state index contributed by atoms with van der Waals surface area (Å²) in [4.78, 5) is 13.2. The van der Waals surface area contributed by atoms with Crippen LogP contribution in [-0.2, 0) is 13.5 Å². The Hall–Kier alpha value is -2.94. The fraction of sp³-hybridized carbons (Fsp3) is 0.375. The van der Waals surface area contributed by atoms with Gasteiger partial charge < -0.3 is 21.1 Å². The highest BCUT2D eigenvalue weighted by molar-refractivity contribution is 5.87. The van der Waals surface area contributed by atoms with Gasteiger partial charge in [-0.3, -0.25) is 4.68 Å². The fourth-order valence-corrected chi connectivity index (χ4v) is 2.42. The minimum absolute atomic E-state index is 0.514. The van der Waals surface area contributed by atoms with Gasteiger partial charge in [-0.1, -0.05) is 6.07 Å². The number of aromatic nitrogens is 5. The summed E-state index contributed by atoms with van der Waals surface area (Å²) in [6.07, 6.45) is 4.39. The van der Waals surface area contributed by atoms with E-state index >= 15 is 0 Å². The van der Waals surface area contributed by atoms with Crippen LogP contribution in [0.15, 0.2) is 24.5 Å². The van der Waals surface area contributed by atoms with Gasteiger partial charge in [0, 0.05) is 38.9 Å². The van der Waals surface area contributed by atoms with Crippen molar-refractivity contribution >= 4 is 22.8 Å². The van der Waals surface area contributed by atoms with Crippen molar-refractivity contribution in [1.29, 1.82) is 0 Å². The predicted octanol–water partition coefficient (Wildman–Crippen LogP) is 0.792. The second kappa shape index (κ2) is 7.75. The van der Waals surface area contributed by atoms with Crippen LogP contribution in [0.5, 0.6) is 5.88 Å². The van der Waals surface area contributed by atoms with Gasteiger partial charge in [-0.15, -0.1) is 0 Å². The third kappa shape index (κ3) is 3.94. The molecule has 0 aliphatic heterocycles. The average molecular weight is 342 g/mol. The number of fused-ring (bicyclic) bond motifs is 1. The lowest BCUT2D eigenvalue weighted by atomic mass is 10.2. The largest absolute Gasteiger partial charge is 0.481 e. The van der Waals surface area contributed by atoms with Crippen molar-refractivity contribution in [1.82, 2.24) is 24.7 Å². The number of methoxy groups -OCH3 is 1. The summed E-state index contributed by atoms with van der Waals surface area (Å²) in [6, 6.07) is 3.86. The van der Waals surface area contributed by atoms with E-state index in [1.807, 2.05) is 25.4 Å². The summed E-state index contributed by atoms with van der Waals surface area (Å²) in [7, 11) is 3.46. The topological polar surface area (TPSA) is 116 Å². The first kappa shape index (κ1) is 16.9. The van der Waals surface area contributed by atoms with Gasteiger partial charge in [-0.05, 0) is 12.0 Å². The maximum Gasteiger partial charge on any atom is 0.226 e. The number of anilines is 2. The standard InChI is InChI=1S/C16H22N8O/c1-24-15-12(10-21-24)14(22-16(23-15)19-8-6-17)18-7-5-11-3-4-13(25-2)20-9-11/h3-4,9-10H,5-8,17H2,1-2H3,(H2,18,19,22,23). The van der Waals surface area contributed by atoms with E-state index in [1.54, 1.807) is 18.0 Å². The second-order valence-corrected chi connectivity index (χ2v) is 5.50. The van der Waals surface area contributed by atoms with Crippen LogP contribution in [0.2, 0.25) is 0 Å². The lowest BCUT2D eigenvalue weighted by Gasteiger charge is -2.10. The number of hydrogen-bond acceptors (Lipinski definition) is 8. The maximum absolute atomic E-state index is 5.54. The monoisotopic (exact) mass is 342 g/mol. The number of ether oxygens (including phenoxy) is 1. The minimum Gasteiger partial charge on any atom is -0.481 e. The van der Waals surface area contributed by atoms with Gasteiger partial charge in [-0.25, -0.2) is 4.98 Å². The van der Waals surface area contributed by atoms with Crippen LogP contribution in [0, 0.1) is 0 Å². The van der Waals surface area contributed by atoms with E-state index in [2.05, 4.69) is 30.7 Å². The first-order valence-electron chi connectivity index (χ1n) is 8.07. The van der Waals surface area contributed by atoms with E-state index in [0.717, 1.165) is 28.8 Å². The van der Waals surface area contributed by atoms with Gasteiger partial charge in [-0.2, -0.15) is 15.1 Å². The van der Waals surface area contributed by atoms with E-state index in [4.69, 9.17) is 10.5 Å². The van der Waals surface area contributed by atoms with Crippen molar-refractivity contribution in [2.24, 2.45) is 12.8 Å². The highest BCUT2D eigenvalue weighted by Crippen LogP contribution is 2.21. The molecule has 0 saturated heterocycles. The summed E-state index contributed by atoms with van der Waals surface area (Å²) in [5.41, 5.74) is 7.42. The van der Waals surface area contributed by atoms with Crippen LogP contribution < -0.4 is 21.1 Å². The third-order valence-corrected chi connectivity index (χ3v) is 3.73. The summed E-state index contributed by atoms with van der Waals surface area (Å²) < 4.78 is 6.80. The summed E-state index contributed by atoms with van der Waals surface area (Å²) >= 11 is 0. The maximum atomic E-state index is 5.54. The van der Waals surface area contributed by atoms with Crippen LogP contribution in [0.25, 0.3) is 11.0 Å². The van der Waals surface area contributed by atoms with E-state index in [-0.39, 0.29) is 0 Å². The second-order valence-electron chi connectivity index (χ2n) is 5.50. The summed E-state index contributed by atoms with van der Waals surface area (Å²) in [5.74, 6) is 1.90. The Kier molecular flexibility index (Phi) is 5.24. The van der Waals surface area contributed by atoms with E-state index < -0.39 is 0 Å². The molecule has 0 amide bonds. The van der Waals surface area contributed by atoms with E-state index in [9.17, 15) is 0 Å². The van der Waals surface area contributed by atoms with Gasteiger partial charge >= 0.3 is 0 Å². The Bertz CT molecular complexity index is 830. The number of aryl methyl sites for hydroxylation is 1. The van der Waals surface area contributed by atoms with Crippen molar-refractivity contribution < 1.29 is 4.74 Å². The molecule has 0 aliphatic rings. The Morgan fingerprint density at radius 2 is 2.04 bits per heavy atom. The fourth-order valence-electron chi connectivity index (χ4n) is 2.42. The van der Waals surface area contributed by atoms with Gasteiger partial charge in [0.1, 0.15) is 5.82 Å². The minimum atomic E-state index is 0.514. The molecule has 0 bridgehead atoms. The van der Waals surface area contributed by atoms with Gasteiger partial charge in [0.15, 0.2) is 5.65 Å². The zero-order valence-corrected chi connectivity index (χ0v) is 14.4. The van der Waals surface area contributed by atoms with Crippen molar-refractivity contribution in [3.05, 3.63) is 30.1 Å². The molecule has 0 radical (unpaired) electrons. The number of nitrogens with one attached hydrogen (secondary N) is 2. The highest BCUT2D eigenvalue weighted by Gasteiger charge is 2.11. The van der Waals surface area contributed by atoms with E-state index in [1.165, 1.54) is 0 Å². The normalized spacial score (nSPS) is 10.8. The summed E-state index contributed by atoms with van der Waals surface area (Å²) in [5, 5.41) is 11.6. The van der Waals surface area contributed by atoms with Gasteiger partial charge in [0.2, 0.25) is 11.8 Å². The van der Waals surface area contributed by atoms with Crippen LogP contribution in [0.3, 0.4) is 0 Å². The SMILES string of the molecule is COc1ccc(CCNc2nc(NCCN)nc3c2cnn3C)cn1. The molecule has 3 aromatic heterocycles. The quantitative estimate of drug-likeness (QED) is 0.550. The Morgan fingerprint density at radius 3 is 2.76 bits per heavy atom. The van der Waals surface area contributed by atoms with Crippen molar-refractivity contribution in [3.8, 4) is 5.88 Å². The van der Waals surface area contributed by atoms with Crippen LogP contribution in [-0.4, -0.2) is 51.5 Å². The Balaban J connectivity index is 1.72. The zero-order chi connectivity index (χ0) is 17.6. The highest BCUT2D eigenvalue weighted by atomic mass is 16.5. The molecule has 0 aliphatic carbocycles. The molecular formula is C16H22N8O. The molecule has 4 N–H and O–H groups in total. The molecule has 132 valence electrons.